The second-order valence-electron chi connectivity index (χ2n) is 2.40. The van der Waals surface area contributed by atoms with Crippen LogP contribution in [-0.2, 0) is 4.79 Å². The standard InChI is InChI=1S/C11H10OS/c1-13-11-7-4-6-10(9-11)5-2-3-8-12/h4,6-9H,3H2,1H3. The van der Waals surface area contributed by atoms with Crippen molar-refractivity contribution in [3.8, 4) is 11.8 Å². The van der Waals surface area contributed by atoms with Gasteiger partial charge in [-0.25, -0.2) is 0 Å². The highest BCUT2D eigenvalue weighted by atomic mass is 32.2. The van der Waals surface area contributed by atoms with Crippen molar-refractivity contribution < 1.29 is 4.79 Å². The minimum absolute atomic E-state index is 0.309. The van der Waals surface area contributed by atoms with E-state index in [0.29, 0.717) is 6.42 Å². The van der Waals surface area contributed by atoms with Gasteiger partial charge in [0, 0.05) is 10.5 Å². The fourth-order valence-electron chi connectivity index (χ4n) is 0.896. The Morgan fingerprint density at radius 2 is 2.38 bits per heavy atom. The van der Waals surface area contributed by atoms with Gasteiger partial charge in [-0.2, -0.15) is 0 Å². The molecule has 1 rings (SSSR count). The average Bonchev–Trinajstić information content (AvgIpc) is 2.19. The van der Waals surface area contributed by atoms with E-state index in [1.54, 1.807) is 11.8 Å². The fourth-order valence-corrected chi connectivity index (χ4v) is 1.36. The summed E-state index contributed by atoms with van der Waals surface area (Å²) in [6.45, 7) is 0. The van der Waals surface area contributed by atoms with E-state index in [1.807, 2.05) is 30.5 Å². The van der Waals surface area contributed by atoms with E-state index in [1.165, 1.54) is 4.90 Å². The third kappa shape index (κ3) is 3.35. The summed E-state index contributed by atoms with van der Waals surface area (Å²) in [4.78, 5) is 11.2. The van der Waals surface area contributed by atoms with Gasteiger partial charge in [0.2, 0.25) is 0 Å². The molecule has 0 unspecified atom stereocenters. The van der Waals surface area contributed by atoms with Crippen molar-refractivity contribution in [2.75, 3.05) is 6.26 Å². The highest BCUT2D eigenvalue weighted by Crippen LogP contribution is 2.14. The Kier molecular flexibility index (Phi) is 4.14. The monoisotopic (exact) mass is 190 g/mol. The normalized spacial score (nSPS) is 8.69. The zero-order valence-corrected chi connectivity index (χ0v) is 8.23. The fraction of sp³-hybridized carbons (Fsp3) is 0.182. The molecular weight excluding hydrogens is 180 g/mol. The number of thioether (sulfide) groups is 1. The first-order chi connectivity index (χ1) is 6.36. The van der Waals surface area contributed by atoms with Crippen LogP contribution in [0.1, 0.15) is 12.0 Å². The SMILES string of the molecule is CSc1cccc(C#CCC=O)c1. The van der Waals surface area contributed by atoms with Gasteiger partial charge in [-0.1, -0.05) is 17.9 Å². The summed E-state index contributed by atoms with van der Waals surface area (Å²) in [5, 5.41) is 0. The largest absolute Gasteiger partial charge is 0.302 e. The van der Waals surface area contributed by atoms with Crippen LogP contribution >= 0.6 is 11.8 Å². The molecule has 0 fully saturated rings. The van der Waals surface area contributed by atoms with Crippen LogP contribution in [0.25, 0.3) is 0 Å². The van der Waals surface area contributed by atoms with Crippen LogP contribution < -0.4 is 0 Å². The molecule has 0 aliphatic rings. The lowest BCUT2D eigenvalue weighted by atomic mass is 10.2. The third-order valence-electron chi connectivity index (χ3n) is 1.49. The maximum Gasteiger partial charge on any atom is 0.131 e. The van der Waals surface area contributed by atoms with Crippen LogP contribution in [0, 0.1) is 11.8 Å². The van der Waals surface area contributed by atoms with Crippen LogP contribution in [0.3, 0.4) is 0 Å². The second kappa shape index (κ2) is 5.45. The van der Waals surface area contributed by atoms with Gasteiger partial charge >= 0.3 is 0 Å². The molecule has 0 aromatic heterocycles. The number of rotatable bonds is 2. The number of carbonyl (C=O) groups excluding carboxylic acids is 1. The first-order valence-corrected chi connectivity index (χ1v) is 5.16. The Bertz CT molecular complexity index is 347. The molecular formula is C11H10OS. The Balaban J connectivity index is 2.78. The van der Waals surface area contributed by atoms with Crippen LogP contribution in [0.2, 0.25) is 0 Å². The molecule has 0 aliphatic heterocycles. The number of hydrogen-bond donors (Lipinski definition) is 0. The molecule has 0 atom stereocenters. The number of aldehydes is 1. The van der Waals surface area contributed by atoms with Gasteiger partial charge in [-0.3, -0.25) is 0 Å². The lowest BCUT2D eigenvalue weighted by Crippen LogP contribution is -1.75. The van der Waals surface area contributed by atoms with E-state index in [0.717, 1.165) is 11.8 Å². The number of hydrogen-bond acceptors (Lipinski definition) is 2. The molecule has 1 nitrogen and oxygen atoms in total. The van der Waals surface area contributed by atoms with E-state index in [9.17, 15) is 4.79 Å². The summed E-state index contributed by atoms with van der Waals surface area (Å²) < 4.78 is 0. The van der Waals surface area contributed by atoms with Gasteiger partial charge in [-0.05, 0) is 24.5 Å². The Hall–Kier alpha value is -1.20. The smallest absolute Gasteiger partial charge is 0.131 e. The van der Waals surface area contributed by atoms with E-state index in [4.69, 9.17) is 0 Å². The molecule has 0 radical (unpaired) electrons. The van der Waals surface area contributed by atoms with Gasteiger partial charge in [0.05, 0.1) is 6.42 Å². The summed E-state index contributed by atoms with van der Waals surface area (Å²) in [6, 6.07) is 7.96. The van der Waals surface area contributed by atoms with Gasteiger partial charge in [-0.15, -0.1) is 11.8 Å². The quantitative estimate of drug-likeness (QED) is 0.404. The highest BCUT2D eigenvalue weighted by molar-refractivity contribution is 7.98. The van der Waals surface area contributed by atoms with E-state index >= 15 is 0 Å². The van der Waals surface area contributed by atoms with Crippen molar-refractivity contribution in [2.24, 2.45) is 0 Å². The van der Waals surface area contributed by atoms with Gasteiger partial charge in [0.15, 0.2) is 0 Å². The molecule has 1 aromatic rings. The van der Waals surface area contributed by atoms with Crippen molar-refractivity contribution in [1.82, 2.24) is 0 Å². The number of carbonyl (C=O) groups is 1. The zero-order valence-electron chi connectivity index (χ0n) is 7.41. The van der Waals surface area contributed by atoms with E-state index < -0.39 is 0 Å². The maximum atomic E-state index is 10.0. The van der Waals surface area contributed by atoms with Crippen molar-refractivity contribution in [3.05, 3.63) is 29.8 Å². The maximum absolute atomic E-state index is 10.0. The van der Waals surface area contributed by atoms with Crippen LogP contribution in [-0.4, -0.2) is 12.5 Å². The van der Waals surface area contributed by atoms with Crippen molar-refractivity contribution in [1.29, 1.82) is 0 Å². The van der Waals surface area contributed by atoms with E-state index in [2.05, 4.69) is 11.8 Å². The molecule has 0 N–H and O–H groups in total. The minimum Gasteiger partial charge on any atom is -0.302 e. The highest BCUT2D eigenvalue weighted by Gasteiger charge is 1.89. The Morgan fingerprint density at radius 1 is 1.54 bits per heavy atom. The van der Waals surface area contributed by atoms with E-state index in [-0.39, 0.29) is 0 Å². The Labute approximate surface area is 82.5 Å². The predicted molar refractivity (Wildman–Crippen MR) is 55.8 cm³/mol. The molecule has 0 spiro atoms. The summed E-state index contributed by atoms with van der Waals surface area (Å²) in [5.41, 5.74) is 0.966. The lowest BCUT2D eigenvalue weighted by molar-refractivity contribution is -0.107. The first-order valence-electron chi connectivity index (χ1n) is 3.93. The number of benzene rings is 1. The zero-order chi connectivity index (χ0) is 9.52. The second-order valence-corrected chi connectivity index (χ2v) is 3.28. The van der Waals surface area contributed by atoms with Gasteiger partial charge in [0.25, 0.3) is 0 Å². The van der Waals surface area contributed by atoms with Crippen molar-refractivity contribution >= 4 is 18.0 Å². The minimum atomic E-state index is 0.309. The molecule has 0 amide bonds. The molecule has 66 valence electrons. The molecule has 1 aromatic carbocycles. The third-order valence-corrected chi connectivity index (χ3v) is 2.21. The van der Waals surface area contributed by atoms with Crippen molar-refractivity contribution in [3.63, 3.8) is 0 Å². The van der Waals surface area contributed by atoms with Crippen LogP contribution in [0.4, 0.5) is 0 Å². The molecule has 2 heteroatoms. The predicted octanol–water partition coefficient (Wildman–Crippen LogP) is 2.35. The average molecular weight is 190 g/mol. The molecule has 0 heterocycles. The molecule has 0 aliphatic carbocycles. The molecule has 0 saturated heterocycles. The Morgan fingerprint density at radius 3 is 3.08 bits per heavy atom. The lowest BCUT2D eigenvalue weighted by Gasteiger charge is -1.94. The summed E-state index contributed by atoms with van der Waals surface area (Å²) in [6.07, 6.45) is 3.15. The molecule has 13 heavy (non-hydrogen) atoms. The van der Waals surface area contributed by atoms with Crippen molar-refractivity contribution in [2.45, 2.75) is 11.3 Å². The summed E-state index contributed by atoms with van der Waals surface area (Å²) >= 11 is 1.68. The summed E-state index contributed by atoms with van der Waals surface area (Å²) in [7, 11) is 0. The first kappa shape index (κ1) is 9.88. The summed E-state index contributed by atoms with van der Waals surface area (Å²) in [5.74, 6) is 5.70. The molecule has 0 bridgehead atoms. The topological polar surface area (TPSA) is 17.1 Å². The van der Waals surface area contributed by atoms with Gasteiger partial charge in [0.1, 0.15) is 6.29 Å². The van der Waals surface area contributed by atoms with Crippen LogP contribution in [0.15, 0.2) is 29.2 Å². The molecule has 0 saturated carbocycles. The van der Waals surface area contributed by atoms with Gasteiger partial charge < -0.3 is 4.79 Å². The van der Waals surface area contributed by atoms with Crippen LogP contribution in [0.5, 0.6) is 0 Å².